The van der Waals surface area contributed by atoms with E-state index in [1.165, 1.54) is 57.8 Å². The van der Waals surface area contributed by atoms with Gasteiger partial charge in [-0.15, -0.1) is 0 Å². The Balaban J connectivity index is 3.11. The van der Waals surface area contributed by atoms with E-state index >= 15 is 0 Å². The first-order valence-corrected chi connectivity index (χ1v) is 7.08. The van der Waals surface area contributed by atoms with Crippen LogP contribution in [-0.2, 0) is 0 Å². The van der Waals surface area contributed by atoms with Crippen LogP contribution >= 0.6 is 0 Å². The van der Waals surface area contributed by atoms with Gasteiger partial charge in [0, 0.05) is 0 Å². The lowest BCUT2D eigenvalue weighted by Gasteiger charge is -2.05. The normalized spacial score (nSPS) is 13.4. The van der Waals surface area contributed by atoms with E-state index in [9.17, 15) is 0 Å². The molecule has 16 heavy (non-hydrogen) atoms. The predicted molar refractivity (Wildman–Crippen MR) is 72.6 cm³/mol. The minimum Gasteiger partial charge on any atom is -0.392 e. The Morgan fingerprint density at radius 3 is 2.06 bits per heavy atom. The van der Waals surface area contributed by atoms with Crippen molar-refractivity contribution in [3.05, 3.63) is 12.2 Å². The average molecular weight is 226 g/mol. The summed E-state index contributed by atoms with van der Waals surface area (Å²) >= 11 is 0. The Labute approximate surface area is 102 Å². The standard InChI is InChI=1S/C15H30O/c1-3-4-5-6-7-8-9-10-12-15(2)13-11-14-16/h11,13,15-16H,3-10,12,14H2,1-2H3/b13-11+/t15-/m0/s1. The van der Waals surface area contributed by atoms with Gasteiger partial charge in [-0.2, -0.15) is 0 Å². The first kappa shape index (κ1) is 15.7. The maximum absolute atomic E-state index is 8.64. The fraction of sp³-hybridized carbons (Fsp3) is 0.867. The molecule has 0 spiro atoms. The molecule has 0 aliphatic carbocycles. The highest BCUT2D eigenvalue weighted by molar-refractivity contribution is 4.85. The van der Waals surface area contributed by atoms with Gasteiger partial charge >= 0.3 is 0 Å². The lowest BCUT2D eigenvalue weighted by molar-refractivity contribution is 0.341. The molecule has 1 heteroatoms. The third-order valence-corrected chi connectivity index (χ3v) is 3.08. The van der Waals surface area contributed by atoms with Crippen molar-refractivity contribution >= 4 is 0 Å². The largest absolute Gasteiger partial charge is 0.392 e. The summed E-state index contributed by atoms with van der Waals surface area (Å²) in [6.45, 7) is 4.68. The molecular formula is C15H30O. The number of hydrogen-bond acceptors (Lipinski definition) is 1. The zero-order chi connectivity index (χ0) is 12.1. The van der Waals surface area contributed by atoms with Gasteiger partial charge in [-0.1, -0.05) is 77.4 Å². The molecule has 0 unspecified atom stereocenters. The Morgan fingerprint density at radius 1 is 0.938 bits per heavy atom. The van der Waals surface area contributed by atoms with Crippen molar-refractivity contribution in [1.29, 1.82) is 0 Å². The average Bonchev–Trinajstić information content (AvgIpc) is 2.30. The molecule has 1 N–H and O–H groups in total. The number of hydrogen-bond donors (Lipinski definition) is 1. The molecule has 0 amide bonds. The highest BCUT2D eigenvalue weighted by Gasteiger charge is 1.97. The molecule has 0 radical (unpaired) electrons. The summed E-state index contributed by atoms with van der Waals surface area (Å²) in [4.78, 5) is 0. The lowest BCUT2D eigenvalue weighted by Crippen LogP contribution is -1.90. The van der Waals surface area contributed by atoms with Crippen LogP contribution in [0.15, 0.2) is 12.2 Å². The van der Waals surface area contributed by atoms with Crippen LogP contribution in [0.5, 0.6) is 0 Å². The SMILES string of the molecule is CCCCCCCCCC[C@H](C)/C=C/CO. The van der Waals surface area contributed by atoms with Gasteiger partial charge in [0.25, 0.3) is 0 Å². The molecule has 1 nitrogen and oxygen atoms in total. The van der Waals surface area contributed by atoms with E-state index in [1.807, 2.05) is 6.08 Å². The van der Waals surface area contributed by atoms with E-state index in [2.05, 4.69) is 19.9 Å². The molecule has 0 saturated heterocycles. The molecule has 0 aliphatic heterocycles. The first-order valence-electron chi connectivity index (χ1n) is 7.08. The second kappa shape index (κ2) is 12.8. The molecular weight excluding hydrogens is 196 g/mol. The molecule has 0 rings (SSSR count). The predicted octanol–water partition coefficient (Wildman–Crippen LogP) is 4.70. The second-order valence-corrected chi connectivity index (χ2v) is 4.85. The van der Waals surface area contributed by atoms with Crippen molar-refractivity contribution in [3.8, 4) is 0 Å². The zero-order valence-electron chi connectivity index (χ0n) is 11.3. The summed E-state index contributed by atoms with van der Waals surface area (Å²) in [5.41, 5.74) is 0. The summed E-state index contributed by atoms with van der Waals surface area (Å²) < 4.78 is 0. The molecule has 0 aromatic carbocycles. The number of unbranched alkanes of at least 4 members (excludes halogenated alkanes) is 7. The summed E-state index contributed by atoms with van der Waals surface area (Å²) in [6, 6.07) is 0. The van der Waals surface area contributed by atoms with Crippen LogP contribution in [0.4, 0.5) is 0 Å². The topological polar surface area (TPSA) is 20.2 Å². The lowest BCUT2D eigenvalue weighted by atomic mass is 10.0. The van der Waals surface area contributed by atoms with Crippen molar-refractivity contribution in [1.82, 2.24) is 0 Å². The van der Waals surface area contributed by atoms with Gasteiger partial charge in [0.15, 0.2) is 0 Å². The quantitative estimate of drug-likeness (QED) is 0.400. The Kier molecular flexibility index (Phi) is 12.5. The van der Waals surface area contributed by atoms with Gasteiger partial charge in [-0.25, -0.2) is 0 Å². The Morgan fingerprint density at radius 2 is 1.50 bits per heavy atom. The van der Waals surface area contributed by atoms with E-state index in [-0.39, 0.29) is 6.61 Å². The Bertz CT molecular complexity index is 152. The van der Waals surface area contributed by atoms with Crippen molar-refractivity contribution < 1.29 is 5.11 Å². The van der Waals surface area contributed by atoms with Gasteiger partial charge in [0.05, 0.1) is 6.61 Å². The van der Waals surface area contributed by atoms with Gasteiger partial charge in [0.1, 0.15) is 0 Å². The first-order chi connectivity index (χ1) is 7.81. The third kappa shape index (κ3) is 11.8. The minimum atomic E-state index is 0.182. The summed E-state index contributed by atoms with van der Waals surface area (Å²) in [5.74, 6) is 0.632. The van der Waals surface area contributed by atoms with E-state index in [0.29, 0.717) is 5.92 Å². The van der Waals surface area contributed by atoms with Crippen LogP contribution in [0.3, 0.4) is 0 Å². The van der Waals surface area contributed by atoms with E-state index < -0.39 is 0 Å². The second-order valence-electron chi connectivity index (χ2n) is 4.85. The van der Waals surface area contributed by atoms with Gasteiger partial charge in [-0.3, -0.25) is 0 Å². The van der Waals surface area contributed by atoms with Crippen LogP contribution in [0.1, 0.15) is 71.6 Å². The van der Waals surface area contributed by atoms with Crippen LogP contribution in [0, 0.1) is 5.92 Å². The minimum absolute atomic E-state index is 0.182. The van der Waals surface area contributed by atoms with Crippen LogP contribution < -0.4 is 0 Å². The molecule has 0 saturated carbocycles. The highest BCUT2D eigenvalue weighted by atomic mass is 16.2. The zero-order valence-corrected chi connectivity index (χ0v) is 11.3. The fourth-order valence-corrected chi connectivity index (χ4v) is 1.99. The molecule has 0 aliphatic rings. The molecule has 0 heterocycles. The summed E-state index contributed by atoms with van der Waals surface area (Å²) in [5, 5.41) is 8.64. The third-order valence-electron chi connectivity index (χ3n) is 3.08. The van der Waals surface area contributed by atoms with Crippen LogP contribution in [0.2, 0.25) is 0 Å². The van der Waals surface area contributed by atoms with Crippen LogP contribution in [-0.4, -0.2) is 11.7 Å². The molecule has 0 fully saturated rings. The number of rotatable bonds is 11. The number of allylic oxidation sites excluding steroid dienone is 1. The molecule has 96 valence electrons. The van der Waals surface area contributed by atoms with Crippen molar-refractivity contribution in [2.24, 2.45) is 5.92 Å². The Hall–Kier alpha value is -0.300. The summed E-state index contributed by atoms with van der Waals surface area (Å²) in [7, 11) is 0. The monoisotopic (exact) mass is 226 g/mol. The van der Waals surface area contributed by atoms with E-state index in [1.54, 1.807) is 0 Å². The maximum atomic E-state index is 8.64. The highest BCUT2D eigenvalue weighted by Crippen LogP contribution is 2.13. The molecule has 1 atom stereocenters. The van der Waals surface area contributed by atoms with Gasteiger partial charge in [0.2, 0.25) is 0 Å². The smallest absolute Gasteiger partial charge is 0.0612 e. The number of aliphatic hydroxyl groups excluding tert-OH is 1. The van der Waals surface area contributed by atoms with E-state index in [0.717, 1.165) is 0 Å². The molecule has 0 aromatic rings. The van der Waals surface area contributed by atoms with Gasteiger partial charge < -0.3 is 5.11 Å². The van der Waals surface area contributed by atoms with Crippen molar-refractivity contribution in [3.63, 3.8) is 0 Å². The fourth-order valence-electron chi connectivity index (χ4n) is 1.99. The van der Waals surface area contributed by atoms with Crippen LogP contribution in [0.25, 0.3) is 0 Å². The number of aliphatic hydroxyl groups is 1. The van der Waals surface area contributed by atoms with Gasteiger partial charge in [-0.05, 0) is 12.3 Å². The van der Waals surface area contributed by atoms with Crippen molar-refractivity contribution in [2.45, 2.75) is 71.6 Å². The maximum Gasteiger partial charge on any atom is 0.0612 e. The summed E-state index contributed by atoms with van der Waals surface area (Å²) in [6.07, 6.45) is 16.4. The molecule has 0 bridgehead atoms. The van der Waals surface area contributed by atoms with Crippen molar-refractivity contribution in [2.75, 3.05) is 6.61 Å². The van der Waals surface area contributed by atoms with E-state index in [4.69, 9.17) is 5.11 Å². The molecule has 0 aromatic heterocycles.